The molecule has 5 heteroatoms. The fourth-order valence-electron chi connectivity index (χ4n) is 2.72. The molecular weight excluding hydrogens is 332 g/mol. The van der Waals surface area contributed by atoms with Gasteiger partial charge in [0.25, 0.3) is 0 Å². The number of ether oxygens (including phenoxy) is 3. The summed E-state index contributed by atoms with van der Waals surface area (Å²) in [6, 6.07) is 11.0. The zero-order chi connectivity index (χ0) is 18.5. The van der Waals surface area contributed by atoms with E-state index in [-0.39, 0.29) is 12.4 Å². The molecule has 0 saturated carbocycles. The number of hydrogen-bond donors (Lipinski definition) is 0. The van der Waals surface area contributed by atoms with Gasteiger partial charge in [-0.1, -0.05) is 29.8 Å². The summed E-state index contributed by atoms with van der Waals surface area (Å²) < 4.78 is 16.0. The van der Waals surface area contributed by atoms with Gasteiger partial charge in [0, 0.05) is 11.6 Å². The highest BCUT2D eigenvalue weighted by Gasteiger charge is 2.12. The average molecular weight is 352 g/mol. The van der Waals surface area contributed by atoms with Crippen molar-refractivity contribution in [3.8, 4) is 11.5 Å². The monoisotopic (exact) mass is 352 g/mol. The fraction of sp³-hybridized carbons (Fsp3) is 0.238. The molecule has 2 aromatic rings. The summed E-state index contributed by atoms with van der Waals surface area (Å²) in [5.41, 5.74) is 3.31. The van der Waals surface area contributed by atoms with Gasteiger partial charge in [-0.3, -0.25) is 4.79 Å². The van der Waals surface area contributed by atoms with Gasteiger partial charge in [0.15, 0.2) is 18.1 Å². The molecule has 0 saturated heterocycles. The number of fused-ring (bicyclic) bond motifs is 1. The Bertz CT molecular complexity index is 867. The van der Waals surface area contributed by atoms with Gasteiger partial charge in [0.05, 0.1) is 0 Å². The van der Waals surface area contributed by atoms with E-state index < -0.39 is 5.97 Å². The zero-order valence-corrected chi connectivity index (χ0v) is 14.8. The van der Waals surface area contributed by atoms with Gasteiger partial charge in [-0.25, -0.2) is 4.79 Å². The normalized spacial score (nSPS) is 12.8. The topological polar surface area (TPSA) is 61.8 Å². The van der Waals surface area contributed by atoms with Gasteiger partial charge in [0.1, 0.15) is 13.2 Å². The molecule has 2 aromatic carbocycles. The summed E-state index contributed by atoms with van der Waals surface area (Å²) in [6.07, 6.45) is 2.91. The Labute approximate surface area is 152 Å². The van der Waals surface area contributed by atoms with E-state index in [1.54, 1.807) is 24.3 Å². The van der Waals surface area contributed by atoms with Crippen molar-refractivity contribution in [2.45, 2.75) is 13.8 Å². The Morgan fingerprint density at radius 3 is 2.58 bits per heavy atom. The second-order valence-electron chi connectivity index (χ2n) is 6.09. The summed E-state index contributed by atoms with van der Waals surface area (Å²) in [5.74, 6) is 0.549. The van der Waals surface area contributed by atoms with E-state index >= 15 is 0 Å². The van der Waals surface area contributed by atoms with E-state index in [9.17, 15) is 9.59 Å². The second-order valence-corrected chi connectivity index (χ2v) is 6.09. The Morgan fingerprint density at radius 2 is 1.81 bits per heavy atom. The predicted molar refractivity (Wildman–Crippen MR) is 97.7 cm³/mol. The molecule has 1 aliphatic heterocycles. The Morgan fingerprint density at radius 1 is 1.04 bits per heavy atom. The van der Waals surface area contributed by atoms with Crippen molar-refractivity contribution in [3.05, 3.63) is 64.7 Å². The van der Waals surface area contributed by atoms with Gasteiger partial charge >= 0.3 is 5.97 Å². The van der Waals surface area contributed by atoms with E-state index in [0.717, 1.165) is 16.7 Å². The van der Waals surface area contributed by atoms with E-state index in [1.807, 2.05) is 32.0 Å². The van der Waals surface area contributed by atoms with Gasteiger partial charge in [0.2, 0.25) is 5.78 Å². The first-order valence-electron chi connectivity index (χ1n) is 8.38. The van der Waals surface area contributed by atoms with Crippen LogP contribution in [-0.2, 0) is 9.53 Å². The van der Waals surface area contributed by atoms with Crippen LogP contribution in [0.4, 0.5) is 0 Å². The lowest BCUT2D eigenvalue weighted by Crippen LogP contribution is -2.15. The molecule has 0 unspecified atom stereocenters. The Hall–Kier alpha value is -3.08. The highest BCUT2D eigenvalue weighted by molar-refractivity contribution is 6.00. The molecular formula is C21H20O5. The highest BCUT2D eigenvalue weighted by atomic mass is 16.6. The maximum Gasteiger partial charge on any atom is 0.331 e. The average Bonchev–Trinajstić information content (AvgIpc) is 2.64. The maximum absolute atomic E-state index is 12.2. The van der Waals surface area contributed by atoms with Crippen LogP contribution in [0.15, 0.2) is 42.5 Å². The summed E-state index contributed by atoms with van der Waals surface area (Å²) in [6.45, 7) is 4.58. The van der Waals surface area contributed by atoms with Crippen molar-refractivity contribution in [1.29, 1.82) is 0 Å². The number of benzene rings is 2. The quantitative estimate of drug-likeness (QED) is 0.468. The van der Waals surface area contributed by atoms with Crippen LogP contribution in [0.2, 0.25) is 0 Å². The fourth-order valence-corrected chi connectivity index (χ4v) is 2.72. The summed E-state index contributed by atoms with van der Waals surface area (Å²) >= 11 is 0. The van der Waals surface area contributed by atoms with Crippen molar-refractivity contribution in [2.75, 3.05) is 19.8 Å². The van der Waals surface area contributed by atoms with Crippen molar-refractivity contribution in [2.24, 2.45) is 0 Å². The molecule has 0 radical (unpaired) electrons. The molecule has 0 bridgehead atoms. The van der Waals surface area contributed by atoms with E-state index in [1.165, 1.54) is 6.08 Å². The molecule has 0 fully saturated rings. The number of carbonyl (C=O) groups excluding carboxylic acids is 2. The molecule has 1 heterocycles. The largest absolute Gasteiger partial charge is 0.486 e. The molecule has 3 rings (SSSR count). The summed E-state index contributed by atoms with van der Waals surface area (Å²) in [4.78, 5) is 24.0. The Balaban J connectivity index is 1.57. The van der Waals surface area contributed by atoms with E-state index in [4.69, 9.17) is 14.2 Å². The second kappa shape index (κ2) is 7.87. The molecule has 0 aromatic heterocycles. The van der Waals surface area contributed by atoms with Crippen LogP contribution in [0.25, 0.3) is 6.08 Å². The van der Waals surface area contributed by atoms with E-state index in [2.05, 4.69) is 0 Å². The minimum atomic E-state index is -0.571. The molecule has 0 aliphatic carbocycles. The van der Waals surface area contributed by atoms with Crippen LogP contribution in [-0.4, -0.2) is 31.6 Å². The number of Topliss-reactive ketones (excluding diaryl/α,β-unsaturated/α-hetero) is 1. The van der Waals surface area contributed by atoms with Crippen molar-refractivity contribution in [1.82, 2.24) is 0 Å². The minimum absolute atomic E-state index is 0.219. The van der Waals surface area contributed by atoms with Crippen molar-refractivity contribution in [3.63, 3.8) is 0 Å². The van der Waals surface area contributed by atoms with Crippen LogP contribution in [0.5, 0.6) is 11.5 Å². The van der Waals surface area contributed by atoms with E-state index in [0.29, 0.717) is 30.3 Å². The third-order valence-corrected chi connectivity index (χ3v) is 4.01. The van der Waals surface area contributed by atoms with Crippen LogP contribution in [0, 0.1) is 13.8 Å². The van der Waals surface area contributed by atoms with Gasteiger partial charge in [-0.15, -0.1) is 0 Å². The smallest absolute Gasteiger partial charge is 0.331 e. The van der Waals surface area contributed by atoms with Gasteiger partial charge < -0.3 is 14.2 Å². The lowest BCUT2D eigenvalue weighted by molar-refractivity contribution is -0.136. The number of aryl methyl sites for hydroxylation is 2. The third kappa shape index (κ3) is 4.30. The number of carbonyl (C=O) groups is 2. The van der Waals surface area contributed by atoms with Crippen LogP contribution in [0.3, 0.4) is 0 Å². The molecule has 26 heavy (non-hydrogen) atoms. The molecule has 0 amide bonds. The highest BCUT2D eigenvalue weighted by Crippen LogP contribution is 2.31. The summed E-state index contributed by atoms with van der Waals surface area (Å²) in [7, 11) is 0. The SMILES string of the molecule is Cc1ccc(C(=O)COC(=O)/C=C/c2ccc3c(c2)OCCO3)c(C)c1. The zero-order valence-electron chi connectivity index (χ0n) is 14.8. The molecule has 0 N–H and O–H groups in total. The van der Waals surface area contributed by atoms with Crippen molar-refractivity contribution < 1.29 is 23.8 Å². The van der Waals surface area contributed by atoms with Crippen LogP contribution in [0.1, 0.15) is 27.0 Å². The van der Waals surface area contributed by atoms with Crippen molar-refractivity contribution >= 4 is 17.8 Å². The number of hydrogen-bond acceptors (Lipinski definition) is 5. The number of esters is 1. The lowest BCUT2D eigenvalue weighted by Gasteiger charge is -2.18. The van der Waals surface area contributed by atoms with Gasteiger partial charge in [-0.05, 0) is 43.2 Å². The molecule has 0 spiro atoms. The first-order valence-corrected chi connectivity index (χ1v) is 8.38. The molecule has 5 nitrogen and oxygen atoms in total. The number of rotatable bonds is 5. The first-order chi connectivity index (χ1) is 12.5. The third-order valence-electron chi connectivity index (χ3n) is 4.01. The predicted octanol–water partition coefficient (Wildman–Crippen LogP) is 3.51. The number of ketones is 1. The Kier molecular flexibility index (Phi) is 5.37. The first kappa shape index (κ1) is 17.7. The lowest BCUT2D eigenvalue weighted by atomic mass is 10.0. The molecule has 0 atom stereocenters. The van der Waals surface area contributed by atoms with Gasteiger partial charge in [-0.2, -0.15) is 0 Å². The van der Waals surface area contributed by atoms with Crippen LogP contribution < -0.4 is 9.47 Å². The maximum atomic E-state index is 12.2. The standard InChI is InChI=1S/C21H20O5/c1-14-3-6-17(15(2)11-14)18(22)13-26-21(23)8-5-16-4-7-19-20(12-16)25-10-9-24-19/h3-8,11-12H,9-10,13H2,1-2H3/b8-5+. The van der Waals surface area contributed by atoms with Crippen LogP contribution >= 0.6 is 0 Å². The molecule has 1 aliphatic rings. The molecule has 134 valence electrons. The summed E-state index contributed by atoms with van der Waals surface area (Å²) in [5, 5.41) is 0. The minimum Gasteiger partial charge on any atom is -0.486 e.